The van der Waals surface area contributed by atoms with Gasteiger partial charge in [0.05, 0.1) is 0 Å². The first-order valence-electron chi connectivity index (χ1n) is 5.94. The van der Waals surface area contributed by atoms with Crippen LogP contribution in [0.4, 0.5) is 0 Å². The number of hydrogen-bond acceptors (Lipinski definition) is 2. The summed E-state index contributed by atoms with van der Waals surface area (Å²) in [5.41, 5.74) is 2.86. The van der Waals surface area contributed by atoms with Crippen molar-refractivity contribution in [3.63, 3.8) is 0 Å². The average Bonchev–Trinajstić information content (AvgIpc) is 2.30. The van der Waals surface area contributed by atoms with E-state index in [1.807, 2.05) is 6.20 Å². The van der Waals surface area contributed by atoms with Gasteiger partial charge in [0.2, 0.25) is 0 Å². The van der Waals surface area contributed by atoms with Crippen molar-refractivity contribution >= 4 is 0 Å². The largest absolute Gasteiger partial charge is 0.316 e. The molecule has 0 aromatic carbocycles. The predicted molar refractivity (Wildman–Crippen MR) is 63.0 cm³/mol. The lowest BCUT2D eigenvalue weighted by Gasteiger charge is -2.32. The van der Waals surface area contributed by atoms with Gasteiger partial charge in [0.25, 0.3) is 0 Å². The molecule has 2 nitrogen and oxygen atoms in total. The first-order valence-corrected chi connectivity index (χ1v) is 5.94. The van der Waals surface area contributed by atoms with Gasteiger partial charge in [0, 0.05) is 12.4 Å². The summed E-state index contributed by atoms with van der Waals surface area (Å²) >= 11 is 0. The maximum Gasteiger partial charge on any atom is 0.0305 e. The van der Waals surface area contributed by atoms with E-state index in [4.69, 9.17) is 0 Å². The van der Waals surface area contributed by atoms with Gasteiger partial charge in [-0.15, -0.1) is 0 Å². The number of hydrogen-bond donors (Lipinski definition) is 1. The van der Waals surface area contributed by atoms with Crippen molar-refractivity contribution in [1.29, 1.82) is 0 Å². The molecule has 0 amide bonds. The molecule has 1 saturated heterocycles. The molecule has 0 spiro atoms. The van der Waals surface area contributed by atoms with Crippen molar-refractivity contribution in [1.82, 2.24) is 10.3 Å². The van der Waals surface area contributed by atoms with Crippen molar-refractivity contribution < 1.29 is 0 Å². The quantitative estimate of drug-likeness (QED) is 0.800. The van der Waals surface area contributed by atoms with Crippen LogP contribution in [0.5, 0.6) is 0 Å². The van der Waals surface area contributed by atoms with Crippen LogP contribution in [0.25, 0.3) is 0 Å². The van der Waals surface area contributed by atoms with Crippen LogP contribution in [-0.4, -0.2) is 18.1 Å². The summed E-state index contributed by atoms with van der Waals surface area (Å²) in [6.07, 6.45) is 6.46. The second kappa shape index (κ2) is 4.75. The van der Waals surface area contributed by atoms with E-state index < -0.39 is 0 Å². The van der Waals surface area contributed by atoms with E-state index in [2.05, 4.69) is 36.4 Å². The number of aromatic nitrogens is 1. The summed E-state index contributed by atoms with van der Waals surface area (Å²) in [4.78, 5) is 4.27. The van der Waals surface area contributed by atoms with Crippen LogP contribution in [0.15, 0.2) is 18.5 Å². The van der Waals surface area contributed by atoms with Crippen molar-refractivity contribution in [2.75, 3.05) is 13.1 Å². The lowest BCUT2D eigenvalue weighted by molar-refractivity contribution is 0.316. The zero-order valence-corrected chi connectivity index (χ0v) is 9.66. The molecule has 2 atom stereocenters. The van der Waals surface area contributed by atoms with E-state index in [-0.39, 0.29) is 0 Å². The van der Waals surface area contributed by atoms with Gasteiger partial charge in [0.15, 0.2) is 0 Å². The second-order valence-corrected chi connectivity index (χ2v) is 4.50. The van der Waals surface area contributed by atoms with Crippen molar-refractivity contribution in [3.05, 3.63) is 29.6 Å². The summed E-state index contributed by atoms with van der Waals surface area (Å²) in [6.45, 7) is 6.80. The lowest BCUT2D eigenvalue weighted by atomic mass is 9.79. The predicted octanol–water partition coefficient (Wildman–Crippen LogP) is 2.49. The van der Waals surface area contributed by atoms with Crippen LogP contribution in [0.1, 0.15) is 36.8 Å². The molecule has 2 heterocycles. The molecule has 1 fully saturated rings. The minimum absolute atomic E-state index is 0.713. The highest BCUT2D eigenvalue weighted by molar-refractivity contribution is 5.26. The van der Waals surface area contributed by atoms with Gasteiger partial charge in [-0.2, -0.15) is 0 Å². The highest BCUT2D eigenvalue weighted by atomic mass is 14.9. The fraction of sp³-hybridized carbons (Fsp3) is 0.615. The molecular weight excluding hydrogens is 184 g/mol. The lowest BCUT2D eigenvalue weighted by Crippen LogP contribution is -2.35. The Morgan fingerprint density at radius 1 is 1.53 bits per heavy atom. The topological polar surface area (TPSA) is 24.9 Å². The zero-order valence-electron chi connectivity index (χ0n) is 9.66. The molecule has 0 radical (unpaired) electrons. The molecule has 1 aromatic rings. The highest BCUT2D eigenvalue weighted by Crippen LogP contribution is 2.33. The van der Waals surface area contributed by atoms with E-state index >= 15 is 0 Å². The smallest absolute Gasteiger partial charge is 0.0305 e. The van der Waals surface area contributed by atoms with E-state index in [9.17, 15) is 0 Å². The molecule has 1 aromatic heterocycles. The Kier molecular flexibility index (Phi) is 3.37. The Bertz CT molecular complexity index is 322. The van der Waals surface area contributed by atoms with E-state index in [0.717, 1.165) is 19.0 Å². The molecule has 0 aliphatic carbocycles. The zero-order chi connectivity index (χ0) is 10.7. The van der Waals surface area contributed by atoms with Crippen LogP contribution in [0, 0.1) is 12.8 Å². The highest BCUT2D eigenvalue weighted by Gasteiger charge is 2.25. The average molecular weight is 204 g/mol. The number of nitrogens with zero attached hydrogens (tertiary/aromatic N) is 1. The Hall–Kier alpha value is -0.890. The summed E-state index contributed by atoms with van der Waals surface area (Å²) in [6, 6.07) is 2.13. The molecule has 2 heteroatoms. The summed E-state index contributed by atoms with van der Waals surface area (Å²) in [7, 11) is 0. The molecule has 1 aliphatic heterocycles. The van der Waals surface area contributed by atoms with Crippen molar-refractivity contribution in [2.45, 2.75) is 32.6 Å². The van der Waals surface area contributed by atoms with Gasteiger partial charge in [-0.1, -0.05) is 13.3 Å². The van der Waals surface area contributed by atoms with Gasteiger partial charge in [-0.3, -0.25) is 4.98 Å². The monoisotopic (exact) mass is 204 g/mol. The first kappa shape index (κ1) is 10.6. The maximum absolute atomic E-state index is 4.27. The number of pyridine rings is 1. The van der Waals surface area contributed by atoms with Crippen molar-refractivity contribution in [3.8, 4) is 0 Å². The number of nitrogens with one attached hydrogen (secondary N) is 1. The number of rotatable bonds is 2. The first-order chi connectivity index (χ1) is 7.33. The molecule has 2 unspecified atom stereocenters. The number of aryl methyl sites for hydroxylation is 1. The van der Waals surface area contributed by atoms with Gasteiger partial charge in [-0.25, -0.2) is 0 Å². The Morgan fingerprint density at radius 3 is 3.13 bits per heavy atom. The van der Waals surface area contributed by atoms with Crippen LogP contribution in [0.2, 0.25) is 0 Å². The fourth-order valence-corrected chi connectivity index (χ4v) is 2.63. The normalized spacial score (nSPS) is 26.5. The third kappa shape index (κ3) is 2.20. The molecule has 2 rings (SSSR count). The SMILES string of the molecule is CCC1CNCCC1c1cnccc1C. The molecule has 0 saturated carbocycles. The van der Waals surface area contributed by atoms with E-state index in [0.29, 0.717) is 5.92 Å². The third-order valence-electron chi connectivity index (χ3n) is 3.61. The molecule has 82 valence electrons. The van der Waals surface area contributed by atoms with E-state index in [1.54, 1.807) is 0 Å². The Labute approximate surface area is 92.1 Å². The second-order valence-electron chi connectivity index (χ2n) is 4.50. The third-order valence-corrected chi connectivity index (χ3v) is 3.61. The fourth-order valence-electron chi connectivity index (χ4n) is 2.63. The Balaban J connectivity index is 2.24. The molecule has 15 heavy (non-hydrogen) atoms. The van der Waals surface area contributed by atoms with Crippen LogP contribution >= 0.6 is 0 Å². The minimum Gasteiger partial charge on any atom is -0.316 e. The standard InChI is InChI=1S/C13H20N2/c1-3-11-8-14-7-5-12(11)13-9-15-6-4-10(13)2/h4,6,9,11-12,14H,3,5,7-8H2,1-2H3. The maximum atomic E-state index is 4.27. The van der Waals surface area contributed by atoms with Gasteiger partial charge < -0.3 is 5.32 Å². The van der Waals surface area contributed by atoms with Crippen LogP contribution in [0.3, 0.4) is 0 Å². The van der Waals surface area contributed by atoms with Gasteiger partial charge in [0.1, 0.15) is 0 Å². The minimum atomic E-state index is 0.713. The number of piperidine rings is 1. The van der Waals surface area contributed by atoms with Crippen LogP contribution in [-0.2, 0) is 0 Å². The van der Waals surface area contributed by atoms with Crippen LogP contribution < -0.4 is 5.32 Å². The van der Waals surface area contributed by atoms with E-state index in [1.165, 1.54) is 24.0 Å². The summed E-state index contributed by atoms with van der Waals surface area (Å²) in [5, 5.41) is 3.48. The molecule has 0 bridgehead atoms. The summed E-state index contributed by atoms with van der Waals surface area (Å²) < 4.78 is 0. The molecular formula is C13H20N2. The molecule has 1 aliphatic rings. The van der Waals surface area contributed by atoms with Gasteiger partial charge in [-0.05, 0) is 55.5 Å². The van der Waals surface area contributed by atoms with Gasteiger partial charge >= 0.3 is 0 Å². The summed E-state index contributed by atoms with van der Waals surface area (Å²) in [5.74, 6) is 1.49. The molecule has 1 N–H and O–H groups in total. The van der Waals surface area contributed by atoms with Crippen molar-refractivity contribution in [2.24, 2.45) is 5.92 Å². The Morgan fingerprint density at radius 2 is 2.40 bits per heavy atom.